The first-order valence-corrected chi connectivity index (χ1v) is 8.98. The van der Waals surface area contributed by atoms with Gasteiger partial charge in [0.25, 0.3) is 5.56 Å². The maximum atomic E-state index is 12.1. The number of pyridine rings is 1. The molecule has 144 valence electrons. The summed E-state index contributed by atoms with van der Waals surface area (Å²) in [5, 5.41) is 18.8. The number of nitriles is 2. The third kappa shape index (κ3) is 3.78. The summed E-state index contributed by atoms with van der Waals surface area (Å²) >= 11 is 0. The molecule has 2 heterocycles. The Morgan fingerprint density at radius 2 is 1.89 bits per heavy atom. The predicted molar refractivity (Wildman–Crippen MR) is 104 cm³/mol. The van der Waals surface area contributed by atoms with Crippen LogP contribution in [0.2, 0.25) is 0 Å². The van der Waals surface area contributed by atoms with Gasteiger partial charge < -0.3 is 20.2 Å². The molecule has 0 amide bonds. The molecule has 1 saturated heterocycles. The van der Waals surface area contributed by atoms with E-state index < -0.39 is 5.56 Å². The van der Waals surface area contributed by atoms with Crippen LogP contribution in [0, 0.1) is 22.7 Å². The first-order chi connectivity index (χ1) is 13.6. The molecule has 1 aromatic carbocycles. The molecule has 0 saturated carbocycles. The monoisotopic (exact) mass is 379 g/mol. The predicted octanol–water partition coefficient (Wildman–Crippen LogP) is 1.85. The minimum atomic E-state index is -0.640. The highest BCUT2D eigenvalue weighted by Crippen LogP contribution is 2.35. The van der Waals surface area contributed by atoms with E-state index in [4.69, 9.17) is 15.2 Å². The van der Waals surface area contributed by atoms with Gasteiger partial charge in [-0.05, 0) is 43.6 Å². The molecule has 0 bridgehead atoms. The average Bonchev–Trinajstić information content (AvgIpc) is 3.21. The molecular weight excluding hydrogens is 358 g/mol. The van der Waals surface area contributed by atoms with E-state index >= 15 is 0 Å². The molecule has 0 atom stereocenters. The summed E-state index contributed by atoms with van der Waals surface area (Å²) in [6.45, 7) is 3.56. The van der Waals surface area contributed by atoms with Crippen molar-refractivity contribution in [2.75, 3.05) is 39.1 Å². The van der Waals surface area contributed by atoms with Crippen LogP contribution in [0.15, 0.2) is 23.0 Å². The molecule has 0 unspecified atom stereocenters. The molecule has 3 rings (SSSR count). The third-order valence-corrected chi connectivity index (χ3v) is 4.78. The van der Waals surface area contributed by atoms with Crippen LogP contribution < -0.4 is 20.8 Å². The van der Waals surface area contributed by atoms with Gasteiger partial charge in [0, 0.05) is 12.1 Å². The zero-order valence-corrected chi connectivity index (χ0v) is 15.6. The molecule has 8 heteroatoms. The second kappa shape index (κ2) is 8.47. The lowest BCUT2D eigenvalue weighted by Crippen LogP contribution is -2.25. The number of likely N-dealkylation sites (tertiary alicyclic amines) is 1. The highest BCUT2D eigenvalue weighted by atomic mass is 16.5. The van der Waals surface area contributed by atoms with Crippen LogP contribution in [0.1, 0.15) is 24.0 Å². The molecule has 1 aliphatic heterocycles. The number of hydrogen-bond donors (Lipinski definition) is 2. The van der Waals surface area contributed by atoms with Gasteiger partial charge in [-0.3, -0.25) is 9.69 Å². The molecule has 1 aliphatic rings. The number of H-pyrrole nitrogens is 1. The molecule has 8 nitrogen and oxygen atoms in total. The minimum Gasteiger partial charge on any atom is -0.493 e. The molecule has 1 aromatic heterocycles. The molecule has 0 spiro atoms. The summed E-state index contributed by atoms with van der Waals surface area (Å²) < 4.78 is 11.3. The maximum absolute atomic E-state index is 12.1. The number of nitrogen functional groups attached to an aromatic ring is 1. The van der Waals surface area contributed by atoms with Gasteiger partial charge >= 0.3 is 0 Å². The van der Waals surface area contributed by atoms with Crippen LogP contribution in [-0.2, 0) is 0 Å². The van der Waals surface area contributed by atoms with Crippen LogP contribution in [0.5, 0.6) is 11.5 Å². The number of benzene rings is 1. The minimum absolute atomic E-state index is 0.0425. The number of nitrogens with zero attached hydrogens (tertiary/aromatic N) is 3. The van der Waals surface area contributed by atoms with Crippen molar-refractivity contribution in [3.8, 4) is 34.8 Å². The second-order valence-corrected chi connectivity index (χ2v) is 6.48. The fourth-order valence-corrected chi connectivity index (χ4v) is 3.37. The van der Waals surface area contributed by atoms with E-state index in [9.17, 15) is 15.3 Å². The smallest absolute Gasteiger partial charge is 0.268 e. The average molecular weight is 379 g/mol. The fraction of sp³-hybridized carbons (Fsp3) is 0.350. The van der Waals surface area contributed by atoms with Gasteiger partial charge in [-0.15, -0.1) is 0 Å². The lowest BCUT2D eigenvalue weighted by molar-refractivity contribution is 0.230. The van der Waals surface area contributed by atoms with E-state index in [1.165, 1.54) is 20.0 Å². The van der Waals surface area contributed by atoms with E-state index in [1.807, 2.05) is 12.1 Å². The number of rotatable bonds is 6. The summed E-state index contributed by atoms with van der Waals surface area (Å²) in [4.78, 5) is 16.8. The standard InChI is InChI=1S/C20H21N5O3/c1-27-17-10-13(4-5-16(17)28-9-8-25-6-2-3-7-25)18-14(11-21)19(23)24-20(26)15(18)12-22/h4-5,10H,2-3,6-9H2,1H3,(H3,23,24,26). The van der Waals surface area contributed by atoms with Gasteiger partial charge in [-0.1, -0.05) is 6.07 Å². The van der Waals surface area contributed by atoms with Crippen molar-refractivity contribution in [2.24, 2.45) is 0 Å². The summed E-state index contributed by atoms with van der Waals surface area (Å²) in [5.41, 5.74) is 5.67. The van der Waals surface area contributed by atoms with Crippen molar-refractivity contribution in [3.05, 3.63) is 39.7 Å². The van der Waals surface area contributed by atoms with E-state index in [-0.39, 0.29) is 22.5 Å². The Labute approximate surface area is 162 Å². The molecule has 2 aromatic rings. The Hall–Kier alpha value is -3.49. The number of nitrogens with one attached hydrogen (secondary N) is 1. The number of aromatic nitrogens is 1. The van der Waals surface area contributed by atoms with Gasteiger partial charge in [0.1, 0.15) is 35.7 Å². The molecule has 0 radical (unpaired) electrons. The van der Waals surface area contributed by atoms with E-state index in [1.54, 1.807) is 18.2 Å². The first kappa shape index (κ1) is 19.3. The van der Waals surface area contributed by atoms with Gasteiger partial charge in [-0.25, -0.2) is 0 Å². The van der Waals surface area contributed by atoms with Crippen LogP contribution in [0.4, 0.5) is 5.82 Å². The zero-order chi connectivity index (χ0) is 20.1. The largest absolute Gasteiger partial charge is 0.493 e. The van der Waals surface area contributed by atoms with Crippen LogP contribution in [-0.4, -0.2) is 43.2 Å². The number of hydrogen-bond acceptors (Lipinski definition) is 7. The first-order valence-electron chi connectivity index (χ1n) is 8.98. The van der Waals surface area contributed by atoms with E-state index in [0.29, 0.717) is 23.7 Å². The highest BCUT2D eigenvalue weighted by molar-refractivity contribution is 5.81. The van der Waals surface area contributed by atoms with Gasteiger partial charge in [-0.2, -0.15) is 10.5 Å². The fourth-order valence-electron chi connectivity index (χ4n) is 3.37. The number of ether oxygens (including phenoxy) is 2. The Bertz CT molecular complexity index is 1010. The van der Waals surface area contributed by atoms with Crippen LogP contribution in [0.25, 0.3) is 11.1 Å². The van der Waals surface area contributed by atoms with Crippen molar-refractivity contribution in [1.82, 2.24) is 9.88 Å². The number of aromatic amines is 1. The third-order valence-electron chi connectivity index (χ3n) is 4.78. The summed E-state index contributed by atoms with van der Waals surface area (Å²) in [5.74, 6) is 0.928. The van der Waals surface area contributed by atoms with Crippen molar-refractivity contribution in [3.63, 3.8) is 0 Å². The van der Waals surface area contributed by atoms with E-state index in [2.05, 4.69) is 9.88 Å². The van der Waals surface area contributed by atoms with Gasteiger partial charge in [0.2, 0.25) is 0 Å². The lowest BCUT2D eigenvalue weighted by atomic mass is 9.96. The Morgan fingerprint density at radius 1 is 1.18 bits per heavy atom. The number of nitrogens with two attached hydrogens (primary N) is 1. The zero-order valence-electron chi connectivity index (χ0n) is 15.6. The van der Waals surface area contributed by atoms with Crippen molar-refractivity contribution < 1.29 is 9.47 Å². The van der Waals surface area contributed by atoms with E-state index in [0.717, 1.165) is 19.6 Å². The quantitative estimate of drug-likeness (QED) is 0.784. The van der Waals surface area contributed by atoms with Gasteiger partial charge in [0.05, 0.1) is 7.11 Å². The topological polar surface area (TPSA) is 128 Å². The van der Waals surface area contributed by atoms with Crippen LogP contribution in [0.3, 0.4) is 0 Å². The summed E-state index contributed by atoms with van der Waals surface area (Å²) in [7, 11) is 1.51. The summed E-state index contributed by atoms with van der Waals surface area (Å²) in [6.07, 6.45) is 2.44. The number of methoxy groups -OCH3 is 1. The summed E-state index contributed by atoms with van der Waals surface area (Å²) in [6, 6.07) is 8.84. The normalized spacial score (nSPS) is 13.7. The van der Waals surface area contributed by atoms with Crippen LogP contribution >= 0.6 is 0 Å². The molecular formula is C20H21N5O3. The Balaban J connectivity index is 1.93. The maximum Gasteiger partial charge on any atom is 0.268 e. The number of anilines is 1. The van der Waals surface area contributed by atoms with Gasteiger partial charge in [0.15, 0.2) is 11.5 Å². The Kier molecular flexibility index (Phi) is 5.83. The van der Waals surface area contributed by atoms with Crippen molar-refractivity contribution in [1.29, 1.82) is 10.5 Å². The molecule has 0 aliphatic carbocycles. The molecule has 28 heavy (non-hydrogen) atoms. The molecule has 1 fully saturated rings. The lowest BCUT2D eigenvalue weighted by Gasteiger charge is -2.17. The van der Waals surface area contributed by atoms with Crippen molar-refractivity contribution >= 4 is 5.82 Å². The second-order valence-electron chi connectivity index (χ2n) is 6.48. The molecule has 3 N–H and O–H groups in total. The highest BCUT2D eigenvalue weighted by Gasteiger charge is 2.20. The van der Waals surface area contributed by atoms with Crippen molar-refractivity contribution in [2.45, 2.75) is 12.8 Å². The SMILES string of the molecule is COc1cc(-c2c(C#N)c(N)[nH]c(=O)c2C#N)ccc1OCCN1CCCC1. The Morgan fingerprint density at radius 3 is 2.54 bits per heavy atom.